The van der Waals surface area contributed by atoms with Crippen molar-refractivity contribution in [1.82, 2.24) is 20.9 Å². The van der Waals surface area contributed by atoms with Gasteiger partial charge in [0.2, 0.25) is 5.91 Å². The molecule has 3 N–H and O–H groups in total. The predicted octanol–water partition coefficient (Wildman–Crippen LogP) is 2.21. The van der Waals surface area contributed by atoms with Crippen molar-refractivity contribution in [3.8, 4) is 0 Å². The summed E-state index contributed by atoms with van der Waals surface area (Å²) in [6.07, 6.45) is 0.127. The minimum atomic E-state index is -0.438. The highest BCUT2D eigenvalue weighted by molar-refractivity contribution is 5.94. The molecule has 4 amide bonds. The summed E-state index contributed by atoms with van der Waals surface area (Å²) >= 11 is 0. The largest absolute Gasteiger partial charge is 0.354 e. The number of nitrogens with one attached hydrogen (secondary N) is 3. The molecule has 0 bridgehead atoms. The van der Waals surface area contributed by atoms with Crippen LogP contribution in [0.2, 0.25) is 0 Å². The third-order valence-corrected chi connectivity index (χ3v) is 4.40. The van der Waals surface area contributed by atoms with E-state index in [0.29, 0.717) is 12.1 Å². The zero-order valence-electron chi connectivity index (χ0n) is 17.2. The van der Waals surface area contributed by atoms with E-state index in [-0.39, 0.29) is 43.6 Å². The molecule has 0 spiro atoms. The first-order valence-electron chi connectivity index (χ1n) is 9.70. The van der Waals surface area contributed by atoms with Crippen molar-refractivity contribution in [2.45, 2.75) is 19.9 Å². The van der Waals surface area contributed by atoms with Crippen molar-refractivity contribution in [2.24, 2.45) is 0 Å². The summed E-state index contributed by atoms with van der Waals surface area (Å²) in [5.74, 6) is -1.08. The van der Waals surface area contributed by atoms with Gasteiger partial charge in [-0.05, 0) is 30.2 Å². The number of urea groups is 1. The summed E-state index contributed by atoms with van der Waals surface area (Å²) in [6.45, 7) is 2.76. The van der Waals surface area contributed by atoms with Gasteiger partial charge in [0, 0.05) is 45.2 Å². The van der Waals surface area contributed by atoms with Gasteiger partial charge >= 0.3 is 6.03 Å². The van der Waals surface area contributed by atoms with Crippen LogP contribution in [0.1, 0.15) is 27.9 Å². The van der Waals surface area contributed by atoms with Gasteiger partial charge in [-0.25, -0.2) is 9.18 Å². The second-order valence-electron chi connectivity index (χ2n) is 6.89. The fraction of sp³-hybridized carbons (Fsp3) is 0.318. The number of carbonyl (C=O) groups excluding carboxylic acids is 3. The molecule has 0 aliphatic carbocycles. The van der Waals surface area contributed by atoms with Gasteiger partial charge in [0.25, 0.3) is 5.91 Å². The Morgan fingerprint density at radius 3 is 2.33 bits per heavy atom. The van der Waals surface area contributed by atoms with Gasteiger partial charge in [0.15, 0.2) is 0 Å². The van der Waals surface area contributed by atoms with Crippen LogP contribution in [0.3, 0.4) is 0 Å². The molecular formula is C22H27FN4O3. The summed E-state index contributed by atoms with van der Waals surface area (Å²) in [5, 5.41) is 7.97. The average Bonchev–Trinajstić information content (AvgIpc) is 2.73. The molecule has 0 radical (unpaired) electrons. The maximum atomic E-state index is 13.5. The molecule has 30 heavy (non-hydrogen) atoms. The van der Waals surface area contributed by atoms with E-state index < -0.39 is 11.7 Å². The fourth-order valence-electron chi connectivity index (χ4n) is 2.65. The second-order valence-corrected chi connectivity index (χ2v) is 6.89. The normalized spacial score (nSPS) is 10.2. The number of carbonyl (C=O) groups is 3. The van der Waals surface area contributed by atoms with Crippen LogP contribution in [0, 0.1) is 12.7 Å². The first-order chi connectivity index (χ1) is 14.4. The SMILES string of the molecule is Cc1ccc(C(=O)NCCNC(=O)CCNC(=O)N(C)Cc2ccccc2)cc1F. The molecule has 0 fully saturated rings. The Kier molecular flexibility index (Phi) is 8.80. The van der Waals surface area contributed by atoms with Crippen LogP contribution < -0.4 is 16.0 Å². The smallest absolute Gasteiger partial charge is 0.317 e. The van der Waals surface area contributed by atoms with Crippen LogP contribution in [-0.4, -0.2) is 49.4 Å². The molecule has 160 valence electrons. The van der Waals surface area contributed by atoms with Gasteiger partial charge in [0.05, 0.1) is 0 Å². The van der Waals surface area contributed by atoms with E-state index in [1.807, 2.05) is 30.3 Å². The first kappa shape index (κ1) is 22.9. The van der Waals surface area contributed by atoms with Gasteiger partial charge in [0.1, 0.15) is 5.82 Å². The van der Waals surface area contributed by atoms with Crippen LogP contribution in [0.4, 0.5) is 9.18 Å². The lowest BCUT2D eigenvalue weighted by Crippen LogP contribution is -2.39. The second kappa shape index (κ2) is 11.5. The monoisotopic (exact) mass is 414 g/mol. The zero-order chi connectivity index (χ0) is 21.9. The summed E-state index contributed by atoms with van der Waals surface area (Å²) < 4.78 is 13.5. The Morgan fingerprint density at radius 1 is 0.933 bits per heavy atom. The summed E-state index contributed by atoms with van der Waals surface area (Å²) in [6, 6.07) is 13.6. The highest BCUT2D eigenvalue weighted by Gasteiger charge is 2.10. The van der Waals surface area contributed by atoms with Crippen LogP contribution >= 0.6 is 0 Å². The summed E-state index contributed by atoms with van der Waals surface area (Å²) in [5.41, 5.74) is 1.72. The van der Waals surface area contributed by atoms with E-state index in [4.69, 9.17) is 0 Å². The molecule has 0 aliphatic heterocycles. The Hall–Kier alpha value is -3.42. The van der Waals surface area contributed by atoms with Crippen LogP contribution in [0.15, 0.2) is 48.5 Å². The molecule has 2 aromatic carbocycles. The molecule has 7 nitrogen and oxygen atoms in total. The number of nitrogens with zero attached hydrogens (tertiary/aromatic N) is 1. The Bertz CT molecular complexity index is 874. The number of hydrogen-bond acceptors (Lipinski definition) is 3. The lowest BCUT2D eigenvalue weighted by Gasteiger charge is -2.18. The molecule has 2 aromatic rings. The van der Waals surface area contributed by atoms with Gasteiger partial charge in [-0.3, -0.25) is 9.59 Å². The number of benzene rings is 2. The molecule has 0 unspecified atom stereocenters. The molecule has 0 atom stereocenters. The van der Waals surface area contributed by atoms with Gasteiger partial charge in [-0.1, -0.05) is 36.4 Å². The Balaban J connectivity index is 1.59. The van der Waals surface area contributed by atoms with Crippen molar-refractivity contribution in [3.05, 3.63) is 71.0 Å². The Morgan fingerprint density at radius 2 is 1.63 bits per heavy atom. The van der Waals surface area contributed by atoms with Crippen LogP contribution in [0.25, 0.3) is 0 Å². The quantitative estimate of drug-likeness (QED) is 0.550. The zero-order valence-corrected chi connectivity index (χ0v) is 17.2. The van der Waals surface area contributed by atoms with Crippen molar-refractivity contribution >= 4 is 17.8 Å². The van der Waals surface area contributed by atoms with E-state index in [0.717, 1.165) is 5.56 Å². The summed E-state index contributed by atoms with van der Waals surface area (Å²) in [7, 11) is 1.69. The molecular weight excluding hydrogens is 387 g/mol. The minimum absolute atomic E-state index is 0.127. The maximum absolute atomic E-state index is 13.5. The summed E-state index contributed by atoms with van der Waals surface area (Å²) in [4.78, 5) is 37.4. The van der Waals surface area contributed by atoms with Crippen molar-refractivity contribution < 1.29 is 18.8 Å². The molecule has 2 rings (SSSR count). The van der Waals surface area contributed by atoms with Crippen molar-refractivity contribution in [3.63, 3.8) is 0 Å². The lowest BCUT2D eigenvalue weighted by molar-refractivity contribution is -0.120. The minimum Gasteiger partial charge on any atom is -0.354 e. The third-order valence-electron chi connectivity index (χ3n) is 4.40. The third kappa shape index (κ3) is 7.54. The number of amides is 4. The maximum Gasteiger partial charge on any atom is 0.317 e. The molecule has 0 heterocycles. The van der Waals surface area contributed by atoms with Crippen molar-refractivity contribution in [2.75, 3.05) is 26.7 Å². The molecule has 0 aliphatic rings. The van der Waals surface area contributed by atoms with E-state index >= 15 is 0 Å². The average molecular weight is 414 g/mol. The number of rotatable bonds is 9. The van der Waals surface area contributed by atoms with Crippen LogP contribution in [0.5, 0.6) is 0 Å². The highest BCUT2D eigenvalue weighted by atomic mass is 19.1. The van der Waals surface area contributed by atoms with E-state index in [1.165, 1.54) is 17.0 Å². The standard InChI is InChI=1S/C22H27FN4O3/c1-16-8-9-18(14-19(16)23)21(29)25-13-12-24-20(28)10-11-26-22(30)27(2)15-17-6-4-3-5-7-17/h3-9,14H,10-13,15H2,1-2H3,(H,24,28)(H,25,29)(H,26,30). The number of aryl methyl sites for hydroxylation is 1. The predicted molar refractivity (Wildman–Crippen MR) is 112 cm³/mol. The number of halogens is 1. The molecule has 0 saturated carbocycles. The Labute approximate surface area is 175 Å². The van der Waals surface area contributed by atoms with E-state index in [1.54, 1.807) is 20.0 Å². The molecule has 0 aromatic heterocycles. The van der Waals surface area contributed by atoms with Crippen molar-refractivity contribution in [1.29, 1.82) is 0 Å². The molecule has 8 heteroatoms. The lowest BCUT2D eigenvalue weighted by atomic mass is 10.1. The fourth-order valence-corrected chi connectivity index (χ4v) is 2.65. The first-order valence-corrected chi connectivity index (χ1v) is 9.70. The van der Waals surface area contributed by atoms with E-state index in [2.05, 4.69) is 16.0 Å². The highest BCUT2D eigenvalue weighted by Crippen LogP contribution is 2.08. The molecule has 0 saturated heterocycles. The van der Waals surface area contributed by atoms with Crippen LogP contribution in [-0.2, 0) is 11.3 Å². The number of hydrogen-bond donors (Lipinski definition) is 3. The van der Waals surface area contributed by atoms with Gasteiger partial charge in [-0.2, -0.15) is 0 Å². The van der Waals surface area contributed by atoms with Gasteiger partial charge in [-0.15, -0.1) is 0 Å². The van der Waals surface area contributed by atoms with E-state index in [9.17, 15) is 18.8 Å². The van der Waals surface area contributed by atoms with Gasteiger partial charge < -0.3 is 20.9 Å². The topological polar surface area (TPSA) is 90.5 Å².